The van der Waals surface area contributed by atoms with Crippen molar-refractivity contribution in [2.45, 2.75) is 19.3 Å². The van der Waals surface area contributed by atoms with Crippen LogP contribution in [0.5, 0.6) is 0 Å². The molecule has 0 aliphatic carbocycles. The molecular formula is C13H20ClNO3S. The summed E-state index contributed by atoms with van der Waals surface area (Å²) in [5.41, 5.74) is 1.21. The number of benzene rings is 1. The average Bonchev–Trinajstić information content (AvgIpc) is 2.38. The van der Waals surface area contributed by atoms with Crippen LogP contribution >= 0.6 is 11.6 Å². The predicted octanol–water partition coefficient (Wildman–Crippen LogP) is 2.23. The molecule has 0 aliphatic heterocycles. The predicted molar refractivity (Wildman–Crippen MR) is 78.1 cm³/mol. The summed E-state index contributed by atoms with van der Waals surface area (Å²) in [7, 11) is -1.70. The smallest absolute Gasteiger partial charge is 0.213 e. The maximum Gasteiger partial charge on any atom is 0.213 e. The zero-order chi connectivity index (χ0) is 14.1. The van der Waals surface area contributed by atoms with E-state index in [9.17, 15) is 8.42 Å². The van der Waals surface area contributed by atoms with Gasteiger partial charge in [-0.05, 0) is 37.0 Å². The van der Waals surface area contributed by atoms with E-state index < -0.39 is 10.0 Å². The van der Waals surface area contributed by atoms with Crippen LogP contribution in [-0.4, -0.2) is 34.4 Å². The van der Waals surface area contributed by atoms with Gasteiger partial charge in [0.2, 0.25) is 10.0 Å². The highest BCUT2D eigenvalue weighted by Crippen LogP contribution is 2.11. The Morgan fingerprint density at radius 3 is 2.53 bits per heavy atom. The topological polar surface area (TPSA) is 55.4 Å². The third-order valence-corrected chi connectivity index (χ3v) is 4.28. The van der Waals surface area contributed by atoms with E-state index in [1.807, 2.05) is 24.3 Å². The van der Waals surface area contributed by atoms with Gasteiger partial charge in [-0.1, -0.05) is 23.7 Å². The van der Waals surface area contributed by atoms with Crippen LogP contribution in [0.3, 0.4) is 0 Å². The Balaban J connectivity index is 2.16. The normalized spacial score (nSPS) is 11.7. The van der Waals surface area contributed by atoms with Crippen molar-refractivity contribution in [3.05, 3.63) is 34.9 Å². The number of aryl methyl sites for hydroxylation is 1. The van der Waals surface area contributed by atoms with Crippen LogP contribution in [0.2, 0.25) is 5.02 Å². The van der Waals surface area contributed by atoms with Crippen LogP contribution in [-0.2, 0) is 21.2 Å². The molecule has 0 atom stereocenters. The first-order valence-electron chi connectivity index (χ1n) is 6.24. The molecule has 0 radical (unpaired) electrons. The first-order valence-corrected chi connectivity index (χ1v) is 8.27. The standard InChI is InChI=1S/C13H20ClNO3S/c1-18-10-11-19(16,17)15-9-3-2-4-12-5-7-13(14)8-6-12/h5-8,15H,2-4,9-11H2,1H3. The van der Waals surface area contributed by atoms with Crippen molar-refractivity contribution in [3.8, 4) is 0 Å². The molecule has 1 aromatic carbocycles. The van der Waals surface area contributed by atoms with Crippen molar-refractivity contribution in [2.75, 3.05) is 26.0 Å². The van der Waals surface area contributed by atoms with Crippen LogP contribution in [0.25, 0.3) is 0 Å². The Morgan fingerprint density at radius 2 is 1.89 bits per heavy atom. The lowest BCUT2D eigenvalue weighted by atomic mass is 10.1. The molecule has 6 heteroatoms. The van der Waals surface area contributed by atoms with Crippen molar-refractivity contribution in [2.24, 2.45) is 0 Å². The minimum atomic E-state index is -3.19. The summed E-state index contributed by atoms with van der Waals surface area (Å²) in [5, 5.41) is 0.731. The molecule has 0 unspecified atom stereocenters. The molecule has 0 saturated carbocycles. The Kier molecular flexibility index (Phi) is 7.38. The highest BCUT2D eigenvalue weighted by molar-refractivity contribution is 7.89. The number of hydrogen-bond donors (Lipinski definition) is 1. The third-order valence-electron chi connectivity index (χ3n) is 2.68. The third kappa shape index (κ3) is 7.52. The van der Waals surface area contributed by atoms with Gasteiger partial charge < -0.3 is 4.74 Å². The number of sulfonamides is 1. The summed E-state index contributed by atoms with van der Waals surface area (Å²) in [5.74, 6) is 0.0146. The Hall–Kier alpha value is -0.620. The van der Waals surface area contributed by atoms with E-state index >= 15 is 0 Å². The molecule has 1 rings (SSSR count). The summed E-state index contributed by atoms with van der Waals surface area (Å²) in [6.45, 7) is 0.694. The lowest BCUT2D eigenvalue weighted by Crippen LogP contribution is -2.29. The molecule has 0 aliphatic rings. The van der Waals surface area contributed by atoms with Crippen molar-refractivity contribution in [3.63, 3.8) is 0 Å². The molecule has 0 aromatic heterocycles. The molecule has 0 spiro atoms. The number of unbranched alkanes of at least 4 members (excludes halogenated alkanes) is 1. The highest BCUT2D eigenvalue weighted by Gasteiger charge is 2.08. The summed E-state index contributed by atoms with van der Waals surface area (Å²) in [6, 6.07) is 7.71. The zero-order valence-electron chi connectivity index (χ0n) is 11.1. The van der Waals surface area contributed by atoms with Gasteiger partial charge in [-0.15, -0.1) is 0 Å². The van der Waals surface area contributed by atoms with E-state index in [1.54, 1.807) is 0 Å². The first-order chi connectivity index (χ1) is 9.03. The van der Waals surface area contributed by atoms with Crippen molar-refractivity contribution < 1.29 is 13.2 Å². The highest BCUT2D eigenvalue weighted by atomic mass is 35.5. The van der Waals surface area contributed by atoms with E-state index in [0.29, 0.717) is 6.54 Å². The molecular weight excluding hydrogens is 286 g/mol. The van der Waals surface area contributed by atoms with Crippen LogP contribution < -0.4 is 4.72 Å². The minimum absolute atomic E-state index is 0.0146. The van der Waals surface area contributed by atoms with Crippen LogP contribution in [0.15, 0.2) is 24.3 Å². The lowest BCUT2D eigenvalue weighted by Gasteiger charge is -2.06. The Bertz CT molecular complexity index is 459. The van der Waals surface area contributed by atoms with Crippen LogP contribution in [0, 0.1) is 0 Å². The zero-order valence-corrected chi connectivity index (χ0v) is 12.6. The molecule has 1 aromatic rings. The van der Waals surface area contributed by atoms with Crippen molar-refractivity contribution >= 4 is 21.6 Å². The number of halogens is 1. The number of ether oxygens (including phenoxy) is 1. The van der Waals surface area contributed by atoms with E-state index in [1.165, 1.54) is 12.7 Å². The van der Waals surface area contributed by atoms with Crippen LogP contribution in [0.1, 0.15) is 18.4 Å². The van der Waals surface area contributed by atoms with E-state index in [4.69, 9.17) is 16.3 Å². The molecule has 1 N–H and O–H groups in total. The summed E-state index contributed by atoms with van der Waals surface area (Å²) in [4.78, 5) is 0. The maximum atomic E-state index is 11.5. The summed E-state index contributed by atoms with van der Waals surface area (Å²) < 4.78 is 30.2. The summed E-state index contributed by atoms with van der Waals surface area (Å²) >= 11 is 5.80. The first kappa shape index (κ1) is 16.4. The van der Waals surface area contributed by atoms with Crippen molar-refractivity contribution in [1.82, 2.24) is 4.72 Å². The fourth-order valence-electron chi connectivity index (χ4n) is 1.60. The Morgan fingerprint density at radius 1 is 1.21 bits per heavy atom. The SMILES string of the molecule is COCCS(=O)(=O)NCCCCc1ccc(Cl)cc1. The molecule has 0 amide bonds. The molecule has 0 heterocycles. The second-order valence-corrected chi connectivity index (χ2v) is 6.65. The van der Waals surface area contributed by atoms with Gasteiger partial charge in [0.05, 0.1) is 12.4 Å². The monoisotopic (exact) mass is 305 g/mol. The van der Waals surface area contributed by atoms with Gasteiger partial charge in [-0.3, -0.25) is 0 Å². The quantitative estimate of drug-likeness (QED) is 0.712. The number of methoxy groups -OCH3 is 1. The van der Waals surface area contributed by atoms with Crippen molar-refractivity contribution in [1.29, 1.82) is 0 Å². The molecule has 0 saturated heterocycles. The average molecular weight is 306 g/mol. The van der Waals surface area contributed by atoms with E-state index in [-0.39, 0.29) is 12.4 Å². The van der Waals surface area contributed by atoms with Crippen LogP contribution in [0.4, 0.5) is 0 Å². The molecule has 0 bridgehead atoms. The number of hydrogen-bond acceptors (Lipinski definition) is 3. The molecule has 0 fully saturated rings. The molecule has 19 heavy (non-hydrogen) atoms. The Labute approximate surface area is 120 Å². The second kappa shape index (κ2) is 8.53. The largest absolute Gasteiger partial charge is 0.384 e. The van der Waals surface area contributed by atoms with Gasteiger partial charge in [-0.25, -0.2) is 13.1 Å². The second-order valence-electron chi connectivity index (χ2n) is 4.29. The maximum absolute atomic E-state index is 11.5. The van der Waals surface area contributed by atoms with Gasteiger partial charge in [0, 0.05) is 18.7 Å². The van der Waals surface area contributed by atoms with E-state index in [2.05, 4.69) is 4.72 Å². The van der Waals surface area contributed by atoms with Gasteiger partial charge in [0.1, 0.15) is 0 Å². The van der Waals surface area contributed by atoms with Gasteiger partial charge in [0.25, 0.3) is 0 Å². The fourth-order valence-corrected chi connectivity index (χ4v) is 2.71. The molecule has 4 nitrogen and oxygen atoms in total. The number of nitrogens with one attached hydrogen (secondary N) is 1. The lowest BCUT2D eigenvalue weighted by molar-refractivity contribution is 0.217. The van der Waals surface area contributed by atoms with Gasteiger partial charge in [-0.2, -0.15) is 0 Å². The molecule has 108 valence electrons. The minimum Gasteiger partial charge on any atom is -0.384 e. The summed E-state index contributed by atoms with van der Waals surface area (Å²) in [6.07, 6.45) is 2.68. The van der Waals surface area contributed by atoms with E-state index in [0.717, 1.165) is 24.3 Å². The van der Waals surface area contributed by atoms with Gasteiger partial charge in [0.15, 0.2) is 0 Å². The van der Waals surface area contributed by atoms with Gasteiger partial charge >= 0.3 is 0 Å². The number of rotatable bonds is 9. The fraction of sp³-hybridized carbons (Fsp3) is 0.538.